The summed E-state index contributed by atoms with van der Waals surface area (Å²) >= 11 is 0. The number of carbonyl (C=O) groups excluding carboxylic acids is 1. The first kappa shape index (κ1) is 12.2. The van der Waals surface area contributed by atoms with Gasteiger partial charge < -0.3 is 4.74 Å². The number of carbonyl (C=O) groups is 1. The van der Waals surface area contributed by atoms with E-state index in [2.05, 4.69) is 9.97 Å². The van der Waals surface area contributed by atoms with Crippen LogP contribution in [-0.4, -0.2) is 22.5 Å². The summed E-state index contributed by atoms with van der Waals surface area (Å²) in [5.41, 5.74) is 2.24. The minimum atomic E-state index is -0.329. The summed E-state index contributed by atoms with van der Waals surface area (Å²) in [5.74, 6) is -0.329. The first-order chi connectivity index (χ1) is 8.81. The zero-order valence-corrected chi connectivity index (χ0v) is 10.2. The predicted molar refractivity (Wildman–Crippen MR) is 67.2 cm³/mol. The minimum absolute atomic E-state index is 0.329. The van der Waals surface area contributed by atoms with Crippen molar-refractivity contribution < 1.29 is 9.53 Å². The average molecular weight is 242 g/mol. The van der Waals surface area contributed by atoms with E-state index in [4.69, 9.17) is 4.74 Å². The first-order valence-electron chi connectivity index (χ1n) is 5.81. The van der Waals surface area contributed by atoms with Crippen molar-refractivity contribution in [2.75, 3.05) is 6.61 Å². The van der Waals surface area contributed by atoms with Gasteiger partial charge in [-0.25, -0.2) is 4.79 Å². The molecule has 92 valence electrons. The van der Waals surface area contributed by atoms with Crippen molar-refractivity contribution in [3.63, 3.8) is 0 Å². The molecule has 0 radical (unpaired) electrons. The molecule has 0 aliphatic rings. The highest BCUT2D eigenvalue weighted by Crippen LogP contribution is 2.12. The highest BCUT2D eigenvalue weighted by atomic mass is 16.5. The van der Waals surface area contributed by atoms with Gasteiger partial charge in [-0.1, -0.05) is 6.07 Å². The van der Waals surface area contributed by atoms with E-state index in [0.717, 1.165) is 5.56 Å². The lowest BCUT2D eigenvalue weighted by molar-refractivity contribution is 0.0524. The lowest BCUT2D eigenvalue weighted by atomic mass is 10.1. The molecule has 2 heterocycles. The number of ether oxygens (including phenoxy) is 1. The lowest BCUT2D eigenvalue weighted by Gasteiger charge is -2.07. The molecular formula is C14H14N2O2. The molecule has 0 saturated heterocycles. The third-order valence-corrected chi connectivity index (χ3v) is 2.48. The standard InChI is InChI=1S/C14H14N2O2/c1-2-18-14(17)12-6-4-8-16-13(12)9-11-5-3-7-15-10-11/h3-8,10H,2,9H2,1H3. The van der Waals surface area contributed by atoms with Crippen molar-refractivity contribution in [1.29, 1.82) is 0 Å². The lowest BCUT2D eigenvalue weighted by Crippen LogP contribution is -2.09. The number of pyridine rings is 2. The molecule has 2 rings (SSSR count). The molecule has 0 atom stereocenters. The van der Waals surface area contributed by atoms with E-state index in [9.17, 15) is 4.79 Å². The summed E-state index contributed by atoms with van der Waals surface area (Å²) in [6.45, 7) is 2.15. The topological polar surface area (TPSA) is 52.1 Å². The van der Waals surface area contributed by atoms with E-state index in [1.165, 1.54) is 0 Å². The van der Waals surface area contributed by atoms with E-state index in [1.807, 2.05) is 12.1 Å². The van der Waals surface area contributed by atoms with Crippen molar-refractivity contribution in [3.05, 3.63) is 59.7 Å². The Morgan fingerprint density at radius 1 is 1.28 bits per heavy atom. The quantitative estimate of drug-likeness (QED) is 0.771. The molecule has 4 heteroatoms. The van der Waals surface area contributed by atoms with Gasteiger partial charge in [0, 0.05) is 25.0 Å². The van der Waals surface area contributed by atoms with Crippen LogP contribution in [0.4, 0.5) is 0 Å². The van der Waals surface area contributed by atoms with Crippen LogP contribution in [0.5, 0.6) is 0 Å². The summed E-state index contributed by atoms with van der Waals surface area (Å²) in [5, 5.41) is 0. The Bertz CT molecular complexity index is 526. The van der Waals surface area contributed by atoms with Crippen molar-refractivity contribution in [1.82, 2.24) is 9.97 Å². The first-order valence-corrected chi connectivity index (χ1v) is 5.81. The Hall–Kier alpha value is -2.23. The second-order valence-electron chi connectivity index (χ2n) is 3.76. The maximum absolute atomic E-state index is 11.8. The molecule has 4 nitrogen and oxygen atoms in total. The number of esters is 1. The highest BCUT2D eigenvalue weighted by Gasteiger charge is 2.13. The van der Waals surface area contributed by atoms with Gasteiger partial charge in [-0.05, 0) is 30.7 Å². The number of aromatic nitrogens is 2. The Kier molecular flexibility index (Phi) is 4.02. The van der Waals surface area contributed by atoms with Crippen LogP contribution in [0.25, 0.3) is 0 Å². The van der Waals surface area contributed by atoms with Gasteiger partial charge in [0.1, 0.15) is 0 Å². The van der Waals surface area contributed by atoms with Gasteiger partial charge in [0.2, 0.25) is 0 Å². The molecule has 0 spiro atoms. The number of hydrogen-bond donors (Lipinski definition) is 0. The Balaban J connectivity index is 2.25. The van der Waals surface area contributed by atoms with Gasteiger partial charge in [0.05, 0.1) is 17.9 Å². The molecule has 0 aliphatic heterocycles. The van der Waals surface area contributed by atoms with E-state index >= 15 is 0 Å². The van der Waals surface area contributed by atoms with Crippen LogP contribution in [-0.2, 0) is 11.2 Å². The molecular weight excluding hydrogens is 228 g/mol. The average Bonchev–Trinajstić information content (AvgIpc) is 2.41. The van der Waals surface area contributed by atoms with Gasteiger partial charge in [0.25, 0.3) is 0 Å². The second kappa shape index (κ2) is 5.91. The molecule has 0 bridgehead atoms. The van der Waals surface area contributed by atoms with Gasteiger partial charge in [-0.2, -0.15) is 0 Å². The smallest absolute Gasteiger partial charge is 0.339 e. The number of rotatable bonds is 4. The number of hydrogen-bond acceptors (Lipinski definition) is 4. The summed E-state index contributed by atoms with van der Waals surface area (Å²) in [6.07, 6.45) is 5.73. The fourth-order valence-electron chi connectivity index (χ4n) is 1.67. The minimum Gasteiger partial charge on any atom is -0.462 e. The third-order valence-electron chi connectivity index (χ3n) is 2.48. The van der Waals surface area contributed by atoms with Crippen LogP contribution in [0, 0.1) is 0 Å². The van der Waals surface area contributed by atoms with Crippen LogP contribution < -0.4 is 0 Å². The Morgan fingerprint density at radius 2 is 2.11 bits per heavy atom. The molecule has 0 fully saturated rings. The highest BCUT2D eigenvalue weighted by molar-refractivity contribution is 5.90. The zero-order chi connectivity index (χ0) is 12.8. The second-order valence-corrected chi connectivity index (χ2v) is 3.76. The van der Waals surface area contributed by atoms with Crippen molar-refractivity contribution in [2.45, 2.75) is 13.3 Å². The maximum atomic E-state index is 11.8. The summed E-state index contributed by atoms with van der Waals surface area (Å²) in [7, 11) is 0. The summed E-state index contributed by atoms with van der Waals surface area (Å²) in [4.78, 5) is 20.1. The van der Waals surface area contributed by atoms with Crippen LogP contribution in [0.15, 0.2) is 42.9 Å². The third kappa shape index (κ3) is 2.91. The van der Waals surface area contributed by atoms with Crippen LogP contribution in [0.3, 0.4) is 0 Å². The van der Waals surface area contributed by atoms with Crippen LogP contribution in [0.1, 0.15) is 28.5 Å². The monoisotopic (exact) mass is 242 g/mol. The molecule has 0 N–H and O–H groups in total. The van der Waals surface area contributed by atoms with Crippen molar-refractivity contribution in [3.8, 4) is 0 Å². The van der Waals surface area contributed by atoms with Gasteiger partial charge in [0.15, 0.2) is 0 Å². The molecule has 0 saturated carbocycles. The van der Waals surface area contributed by atoms with Crippen LogP contribution in [0.2, 0.25) is 0 Å². The van der Waals surface area contributed by atoms with E-state index < -0.39 is 0 Å². The van der Waals surface area contributed by atoms with Gasteiger partial charge in [-0.3, -0.25) is 9.97 Å². The molecule has 0 unspecified atom stereocenters. The van der Waals surface area contributed by atoms with Crippen LogP contribution >= 0.6 is 0 Å². The Morgan fingerprint density at radius 3 is 2.83 bits per heavy atom. The molecule has 2 aromatic rings. The molecule has 0 aromatic carbocycles. The van der Waals surface area contributed by atoms with E-state index in [0.29, 0.717) is 24.3 Å². The molecule has 2 aromatic heterocycles. The summed E-state index contributed by atoms with van der Waals surface area (Å²) < 4.78 is 5.01. The van der Waals surface area contributed by atoms with Gasteiger partial charge >= 0.3 is 5.97 Å². The summed E-state index contributed by atoms with van der Waals surface area (Å²) in [6, 6.07) is 7.29. The normalized spacial score (nSPS) is 10.1. The molecule has 18 heavy (non-hydrogen) atoms. The fourth-order valence-corrected chi connectivity index (χ4v) is 1.67. The van der Waals surface area contributed by atoms with E-state index in [-0.39, 0.29) is 5.97 Å². The molecule has 0 amide bonds. The largest absolute Gasteiger partial charge is 0.462 e. The molecule has 0 aliphatic carbocycles. The number of nitrogens with zero attached hydrogens (tertiary/aromatic N) is 2. The van der Waals surface area contributed by atoms with Crippen molar-refractivity contribution >= 4 is 5.97 Å². The maximum Gasteiger partial charge on any atom is 0.339 e. The van der Waals surface area contributed by atoms with Gasteiger partial charge in [-0.15, -0.1) is 0 Å². The zero-order valence-electron chi connectivity index (χ0n) is 10.2. The Labute approximate surface area is 106 Å². The van der Waals surface area contributed by atoms with E-state index in [1.54, 1.807) is 37.6 Å². The predicted octanol–water partition coefficient (Wildman–Crippen LogP) is 2.24. The SMILES string of the molecule is CCOC(=O)c1cccnc1Cc1cccnc1. The van der Waals surface area contributed by atoms with Crippen molar-refractivity contribution in [2.24, 2.45) is 0 Å². The fraction of sp³-hybridized carbons (Fsp3) is 0.214.